The van der Waals surface area contributed by atoms with Crippen LogP contribution in [0.1, 0.15) is 12.2 Å². The van der Waals surface area contributed by atoms with E-state index in [0.717, 1.165) is 11.3 Å². The van der Waals surface area contributed by atoms with Crippen LogP contribution in [0.2, 0.25) is 0 Å². The molecular weight excluding hydrogens is 360 g/mol. The maximum Gasteiger partial charge on any atom is 0.299 e. The van der Waals surface area contributed by atoms with E-state index in [2.05, 4.69) is 15.5 Å². The van der Waals surface area contributed by atoms with Crippen LogP contribution in [0.25, 0.3) is 22.4 Å². The van der Waals surface area contributed by atoms with E-state index in [9.17, 15) is 9.59 Å². The molecular formula is C20H18N4O4. The van der Waals surface area contributed by atoms with Gasteiger partial charge in [-0.3, -0.25) is 14.2 Å². The number of hydrogen-bond acceptors (Lipinski definition) is 6. The molecule has 1 aromatic carbocycles. The Morgan fingerprint density at radius 1 is 1.14 bits per heavy atom. The first-order chi connectivity index (χ1) is 13.7. The SMILES string of the molecule is O=C(CCn1cnc2c(-c3ccccc3)noc2c1=O)NCCc1ccco1. The Morgan fingerprint density at radius 2 is 2.00 bits per heavy atom. The van der Waals surface area contributed by atoms with E-state index in [1.807, 2.05) is 36.4 Å². The number of amides is 1. The lowest BCUT2D eigenvalue weighted by molar-refractivity contribution is -0.121. The number of aromatic nitrogens is 3. The molecule has 0 spiro atoms. The maximum atomic E-state index is 12.6. The molecule has 0 fully saturated rings. The van der Waals surface area contributed by atoms with E-state index in [1.165, 1.54) is 10.9 Å². The first-order valence-electron chi connectivity index (χ1n) is 8.91. The standard InChI is InChI=1S/C20H18N4O4/c25-16(21-10-8-15-7-4-12-27-15)9-11-24-13-22-18-17(14-5-2-1-3-6-14)23-28-19(18)20(24)26/h1-7,12-13H,8-11H2,(H,21,25). The molecule has 28 heavy (non-hydrogen) atoms. The number of hydrogen-bond donors (Lipinski definition) is 1. The quantitative estimate of drug-likeness (QED) is 0.530. The molecule has 0 saturated carbocycles. The zero-order chi connectivity index (χ0) is 19.3. The predicted molar refractivity (Wildman–Crippen MR) is 102 cm³/mol. The molecule has 4 aromatic rings. The van der Waals surface area contributed by atoms with Gasteiger partial charge in [0.05, 0.1) is 12.6 Å². The number of furan rings is 1. The van der Waals surface area contributed by atoms with Gasteiger partial charge in [0.1, 0.15) is 17.0 Å². The summed E-state index contributed by atoms with van der Waals surface area (Å²) >= 11 is 0. The summed E-state index contributed by atoms with van der Waals surface area (Å²) in [4.78, 5) is 28.9. The van der Waals surface area contributed by atoms with Crippen LogP contribution < -0.4 is 10.9 Å². The van der Waals surface area contributed by atoms with Gasteiger partial charge in [-0.05, 0) is 12.1 Å². The summed E-state index contributed by atoms with van der Waals surface area (Å²) in [6.45, 7) is 0.677. The van der Waals surface area contributed by atoms with E-state index in [-0.39, 0.29) is 30.0 Å². The topological polar surface area (TPSA) is 103 Å². The first kappa shape index (κ1) is 17.7. The van der Waals surface area contributed by atoms with Crippen molar-refractivity contribution in [2.45, 2.75) is 19.4 Å². The average molecular weight is 378 g/mol. The highest BCUT2D eigenvalue weighted by atomic mass is 16.5. The number of carbonyl (C=O) groups excluding carboxylic acids is 1. The molecule has 0 atom stereocenters. The van der Waals surface area contributed by atoms with E-state index in [4.69, 9.17) is 8.94 Å². The summed E-state index contributed by atoms with van der Waals surface area (Å²) in [6.07, 6.45) is 3.79. The van der Waals surface area contributed by atoms with E-state index in [0.29, 0.717) is 24.2 Å². The van der Waals surface area contributed by atoms with E-state index < -0.39 is 0 Å². The minimum atomic E-state index is -0.358. The average Bonchev–Trinajstić information content (AvgIpc) is 3.38. The van der Waals surface area contributed by atoms with Gasteiger partial charge < -0.3 is 14.3 Å². The molecule has 3 aromatic heterocycles. The third kappa shape index (κ3) is 3.71. The zero-order valence-corrected chi connectivity index (χ0v) is 15.0. The van der Waals surface area contributed by atoms with Crippen molar-refractivity contribution in [2.24, 2.45) is 0 Å². The minimum Gasteiger partial charge on any atom is -0.469 e. The number of carbonyl (C=O) groups is 1. The lowest BCUT2D eigenvalue weighted by atomic mass is 10.1. The van der Waals surface area contributed by atoms with Gasteiger partial charge in [-0.2, -0.15) is 0 Å². The highest BCUT2D eigenvalue weighted by Gasteiger charge is 2.16. The largest absolute Gasteiger partial charge is 0.469 e. The third-order valence-electron chi connectivity index (χ3n) is 4.35. The summed E-state index contributed by atoms with van der Waals surface area (Å²) < 4.78 is 11.8. The molecule has 0 bridgehead atoms. The van der Waals surface area contributed by atoms with Crippen molar-refractivity contribution in [3.63, 3.8) is 0 Å². The number of nitrogens with one attached hydrogen (secondary N) is 1. The van der Waals surface area contributed by atoms with Gasteiger partial charge in [-0.15, -0.1) is 0 Å². The summed E-state index contributed by atoms with van der Waals surface area (Å²) in [5.41, 5.74) is 1.48. The fraction of sp³-hybridized carbons (Fsp3) is 0.200. The van der Waals surface area contributed by atoms with Crippen LogP contribution in [0, 0.1) is 0 Å². The molecule has 1 N–H and O–H groups in total. The van der Waals surface area contributed by atoms with Crippen molar-refractivity contribution in [1.82, 2.24) is 20.0 Å². The second kappa shape index (κ2) is 7.91. The van der Waals surface area contributed by atoms with E-state index >= 15 is 0 Å². The first-order valence-corrected chi connectivity index (χ1v) is 8.91. The normalized spacial score (nSPS) is 11.0. The van der Waals surface area contributed by atoms with Crippen molar-refractivity contribution < 1.29 is 13.7 Å². The van der Waals surface area contributed by atoms with Crippen molar-refractivity contribution in [2.75, 3.05) is 6.54 Å². The number of fused-ring (bicyclic) bond motifs is 1. The molecule has 1 amide bonds. The summed E-state index contributed by atoms with van der Waals surface area (Å²) in [6, 6.07) is 13.1. The Bertz CT molecular complexity index is 1130. The highest BCUT2D eigenvalue weighted by molar-refractivity contribution is 5.87. The summed E-state index contributed by atoms with van der Waals surface area (Å²) in [5, 5.41) is 6.79. The zero-order valence-electron chi connectivity index (χ0n) is 15.0. The molecule has 142 valence electrons. The van der Waals surface area contributed by atoms with Gasteiger partial charge >= 0.3 is 0 Å². The molecule has 3 heterocycles. The van der Waals surface area contributed by atoms with Gasteiger partial charge in [-0.25, -0.2) is 4.98 Å². The molecule has 0 saturated heterocycles. The lowest BCUT2D eigenvalue weighted by Gasteiger charge is -2.06. The Labute approximate surface area is 159 Å². The van der Waals surface area contributed by atoms with Crippen LogP contribution >= 0.6 is 0 Å². The van der Waals surface area contributed by atoms with Crippen LogP contribution in [0.15, 0.2) is 68.8 Å². The molecule has 4 rings (SSSR count). The van der Waals surface area contributed by atoms with Crippen molar-refractivity contribution in [1.29, 1.82) is 0 Å². The van der Waals surface area contributed by atoms with Gasteiger partial charge in [0.25, 0.3) is 11.1 Å². The van der Waals surface area contributed by atoms with Crippen LogP contribution in [0.5, 0.6) is 0 Å². The fourth-order valence-corrected chi connectivity index (χ4v) is 2.89. The fourth-order valence-electron chi connectivity index (χ4n) is 2.89. The second-order valence-electron chi connectivity index (χ2n) is 6.25. The van der Waals surface area contributed by atoms with Crippen LogP contribution in [0.4, 0.5) is 0 Å². The molecule has 0 aliphatic rings. The smallest absolute Gasteiger partial charge is 0.299 e. The number of rotatable bonds is 7. The molecule has 8 heteroatoms. The van der Waals surface area contributed by atoms with Gasteiger partial charge in [0.2, 0.25) is 5.91 Å². The summed E-state index contributed by atoms with van der Waals surface area (Å²) in [5.74, 6) is 0.659. The predicted octanol–water partition coefficient (Wildman–Crippen LogP) is 2.39. The molecule has 0 aliphatic carbocycles. The Morgan fingerprint density at radius 3 is 2.79 bits per heavy atom. The van der Waals surface area contributed by atoms with E-state index in [1.54, 1.807) is 12.3 Å². The Balaban J connectivity index is 1.41. The molecule has 0 radical (unpaired) electrons. The van der Waals surface area contributed by atoms with Crippen LogP contribution in [-0.2, 0) is 17.8 Å². The van der Waals surface area contributed by atoms with Gasteiger partial charge in [0.15, 0.2) is 0 Å². The highest BCUT2D eigenvalue weighted by Crippen LogP contribution is 2.23. The van der Waals surface area contributed by atoms with Crippen LogP contribution in [0.3, 0.4) is 0 Å². The molecule has 0 unspecified atom stereocenters. The van der Waals surface area contributed by atoms with Gasteiger partial charge in [0, 0.05) is 31.5 Å². The number of nitrogens with zero attached hydrogens (tertiary/aromatic N) is 3. The molecule has 8 nitrogen and oxygen atoms in total. The maximum absolute atomic E-state index is 12.6. The van der Waals surface area contributed by atoms with Crippen molar-refractivity contribution in [3.8, 4) is 11.3 Å². The summed E-state index contributed by atoms with van der Waals surface area (Å²) in [7, 11) is 0. The third-order valence-corrected chi connectivity index (χ3v) is 4.35. The monoisotopic (exact) mass is 378 g/mol. The van der Waals surface area contributed by atoms with Gasteiger partial charge in [-0.1, -0.05) is 35.5 Å². The Hall–Kier alpha value is -3.68. The number of benzene rings is 1. The van der Waals surface area contributed by atoms with Crippen molar-refractivity contribution >= 4 is 17.0 Å². The second-order valence-corrected chi connectivity index (χ2v) is 6.25. The van der Waals surface area contributed by atoms with Crippen LogP contribution in [-0.4, -0.2) is 27.2 Å². The lowest BCUT2D eigenvalue weighted by Crippen LogP contribution is -2.28. The molecule has 0 aliphatic heterocycles. The number of aryl methyl sites for hydroxylation is 1. The minimum absolute atomic E-state index is 0.0829. The van der Waals surface area contributed by atoms with Crippen molar-refractivity contribution in [3.05, 3.63) is 71.2 Å². The Kier molecular flexibility index (Phi) is 5.01.